The zero-order valence-corrected chi connectivity index (χ0v) is 11.2. The average Bonchev–Trinajstić information content (AvgIpc) is 2.20. The van der Waals surface area contributed by atoms with Crippen LogP contribution in [0.4, 0.5) is 0 Å². The molecule has 0 bridgehead atoms. The van der Waals surface area contributed by atoms with Gasteiger partial charge >= 0.3 is 17.9 Å². The molecule has 0 N–H and O–H groups in total. The summed E-state index contributed by atoms with van der Waals surface area (Å²) in [5.74, 6) is -1.22. The second-order valence-corrected chi connectivity index (χ2v) is 3.94. The fourth-order valence-electron chi connectivity index (χ4n) is 1.44. The van der Waals surface area contributed by atoms with Gasteiger partial charge in [0.1, 0.15) is 12.2 Å². The van der Waals surface area contributed by atoms with Crippen molar-refractivity contribution >= 4 is 17.9 Å². The van der Waals surface area contributed by atoms with E-state index in [1.807, 2.05) is 0 Å². The first-order chi connectivity index (χ1) is 8.32. The summed E-state index contributed by atoms with van der Waals surface area (Å²) in [7, 11) is 0. The van der Waals surface area contributed by atoms with Gasteiger partial charge in [-0.1, -0.05) is 0 Å². The topological polar surface area (TPSA) is 78.9 Å². The maximum Gasteiger partial charge on any atom is 0.303 e. The van der Waals surface area contributed by atoms with Gasteiger partial charge in [0.2, 0.25) is 0 Å². The molecule has 0 saturated carbocycles. The van der Waals surface area contributed by atoms with E-state index >= 15 is 0 Å². The molecular weight excluding hydrogens is 240 g/mol. The van der Waals surface area contributed by atoms with Crippen LogP contribution < -0.4 is 0 Å². The van der Waals surface area contributed by atoms with Crippen LogP contribution in [0.1, 0.15) is 40.5 Å². The highest BCUT2D eigenvalue weighted by atomic mass is 16.6. The summed E-state index contributed by atoms with van der Waals surface area (Å²) in [6.45, 7) is 5.81. The Labute approximate surface area is 107 Å². The highest BCUT2D eigenvalue weighted by Crippen LogP contribution is 2.11. The third-order valence-corrected chi connectivity index (χ3v) is 2.13. The number of hydrogen-bond acceptors (Lipinski definition) is 6. The van der Waals surface area contributed by atoms with Crippen LogP contribution in [0.25, 0.3) is 0 Å². The smallest absolute Gasteiger partial charge is 0.303 e. The first-order valence-electron chi connectivity index (χ1n) is 5.80. The molecule has 18 heavy (non-hydrogen) atoms. The summed E-state index contributed by atoms with van der Waals surface area (Å²) in [5, 5.41) is 0. The summed E-state index contributed by atoms with van der Waals surface area (Å²) >= 11 is 0. The number of esters is 3. The lowest BCUT2D eigenvalue weighted by atomic mass is 10.1. The van der Waals surface area contributed by atoms with E-state index in [0.717, 1.165) is 0 Å². The SMILES string of the molecule is CC(=O)OCCCC(OC(C)=O)C(C)OC(C)=O. The van der Waals surface area contributed by atoms with Gasteiger partial charge in [0.15, 0.2) is 0 Å². The number of ether oxygens (including phenoxy) is 3. The fraction of sp³-hybridized carbons (Fsp3) is 0.750. The lowest BCUT2D eigenvalue weighted by molar-refractivity contribution is -0.164. The van der Waals surface area contributed by atoms with E-state index in [-0.39, 0.29) is 12.6 Å². The van der Waals surface area contributed by atoms with Crippen LogP contribution in [0, 0.1) is 0 Å². The van der Waals surface area contributed by atoms with E-state index in [1.54, 1.807) is 6.92 Å². The molecule has 0 rings (SSSR count). The predicted molar refractivity (Wildman–Crippen MR) is 62.6 cm³/mol. The van der Waals surface area contributed by atoms with Crippen LogP contribution in [0.2, 0.25) is 0 Å². The Morgan fingerprint density at radius 1 is 0.944 bits per heavy atom. The number of carbonyl (C=O) groups is 3. The lowest BCUT2D eigenvalue weighted by Gasteiger charge is -2.23. The van der Waals surface area contributed by atoms with Gasteiger partial charge in [-0.3, -0.25) is 14.4 Å². The van der Waals surface area contributed by atoms with Gasteiger partial charge in [0, 0.05) is 20.8 Å². The maximum absolute atomic E-state index is 10.9. The molecule has 0 aliphatic rings. The zero-order valence-electron chi connectivity index (χ0n) is 11.2. The number of rotatable bonds is 7. The number of hydrogen-bond donors (Lipinski definition) is 0. The van der Waals surface area contributed by atoms with Crippen molar-refractivity contribution in [3.05, 3.63) is 0 Å². The van der Waals surface area contributed by atoms with E-state index < -0.39 is 24.1 Å². The van der Waals surface area contributed by atoms with Crippen molar-refractivity contribution in [3.8, 4) is 0 Å². The Morgan fingerprint density at radius 2 is 1.50 bits per heavy atom. The molecule has 0 saturated heterocycles. The molecule has 0 aliphatic heterocycles. The Balaban J connectivity index is 4.17. The molecule has 6 nitrogen and oxygen atoms in total. The second kappa shape index (κ2) is 8.49. The number of carbonyl (C=O) groups excluding carboxylic acids is 3. The Hall–Kier alpha value is -1.59. The van der Waals surface area contributed by atoms with Gasteiger partial charge in [0.05, 0.1) is 6.61 Å². The van der Waals surface area contributed by atoms with Crippen LogP contribution in [0.15, 0.2) is 0 Å². The summed E-state index contributed by atoms with van der Waals surface area (Å²) in [5.41, 5.74) is 0. The van der Waals surface area contributed by atoms with Gasteiger partial charge in [-0.15, -0.1) is 0 Å². The standard InChI is InChI=1S/C12H20O6/c1-8(17-10(3)14)12(18-11(4)15)6-5-7-16-9(2)13/h8,12H,5-7H2,1-4H3. The molecule has 0 aromatic carbocycles. The van der Waals surface area contributed by atoms with Crippen molar-refractivity contribution in [1.29, 1.82) is 0 Å². The molecule has 2 unspecified atom stereocenters. The molecule has 0 radical (unpaired) electrons. The second-order valence-electron chi connectivity index (χ2n) is 3.94. The summed E-state index contributed by atoms with van der Waals surface area (Å²) in [6, 6.07) is 0. The van der Waals surface area contributed by atoms with E-state index in [2.05, 4.69) is 0 Å². The Bertz CT molecular complexity index is 299. The third kappa shape index (κ3) is 8.55. The largest absolute Gasteiger partial charge is 0.466 e. The van der Waals surface area contributed by atoms with Crippen LogP contribution in [-0.2, 0) is 28.6 Å². The van der Waals surface area contributed by atoms with Gasteiger partial charge in [-0.2, -0.15) is 0 Å². The zero-order chi connectivity index (χ0) is 14.1. The first-order valence-corrected chi connectivity index (χ1v) is 5.80. The molecule has 2 atom stereocenters. The fourth-order valence-corrected chi connectivity index (χ4v) is 1.44. The normalized spacial score (nSPS) is 13.3. The Morgan fingerprint density at radius 3 is 1.94 bits per heavy atom. The van der Waals surface area contributed by atoms with E-state index in [1.165, 1.54) is 20.8 Å². The van der Waals surface area contributed by atoms with Crippen molar-refractivity contribution in [2.45, 2.75) is 52.7 Å². The molecule has 0 fully saturated rings. The van der Waals surface area contributed by atoms with Crippen molar-refractivity contribution in [2.24, 2.45) is 0 Å². The van der Waals surface area contributed by atoms with Crippen LogP contribution >= 0.6 is 0 Å². The average molecular weight is 260 g/mol. The molecular formula is C12H20O6. The molecule has 0 aromatic rings. The third-order valence-electron chi connectivity index (χ3n) is 2.13. The molecule has 104 valence electrons. The molecule has 0 heterocycles. The van der Waals surface area contributed by atoms with Crippen molar-refractivity contribution in [1.82, 2.24) is 0 Å². The monoisotopic (exact) mass is 260 g/mol. The summed E-state index contributed by atoms with van der Waals surface area (Å²) < 4.78 is 14.8. The summed E-state index contributed by atoms with van der Waals surface area (Å²) in [6.07, 6.45) is -0.0598. The Kier molecular flexibility index (Phi) is 7.74. The minimum absolute atomic E-state index is 0.250. The van der Waals surface area contributed by atoms with Crippen molar-refractivity contribution in [2.75, 3.05) is 6.61 Å². The van der Waals surface area contributed by atoms with Crippen LogP contribution in [0.5, 0.6) is 0 Å². The van der Waals surface area contributed by atoms with E-state index in [9.17, 15) is 14.4 Å². The minimum Gasteiger partial charge on any atom is -0.466 e. The van der Waals surface area contributed by atoms with Crippen LogP contribution in [0.3, 0.4) is 0 Å². The molecule has 0 amide bonds. The quantitative estimate of drug-likeness (QED) is 0.389. The lowest BCUT2D eigenvalue weighted by Crippen LogP contribution is -2.32. The highest BCUT2D eigenvalue weighted by Gasteiger charge is 2.22. The van der Waals surface area contributed by atoms with Crippen molar-refractivity contribution < 1.29 is 28.6 Å². The molecule has 6 heteroatoms. The van der Waals surface area contributed by atoms with E-state index in [4.69, 9.17) is 14.2 Å². The van der Waals surface area contributed by atoms with Gasteiger partial charge in [-0.05, 0) is 19.8 Å². The molecule has 0 aromatic heterocycles. The minimum atomic E-state index is -0.526. The predicted octanol–water partition coefficient (Wildman–Crippen LogP) is 1.21. The molecule has 0 aliphatic carbocycles. The molecule has 0 spiro atoms. The first kappa shape index (κ1) is 16.4. The maximum atomic E-state index is 10.9. The van der Waals surface area contributed by atoms with Crippen LogP contribution in [-0.4, -0.2) is 36.7 Å². The van der Waals surface area contributed by atoms with Gasteiger partial charge < -0.3 is 14.2 Å². The highest BCUT2D eigenvalue weighted by molar-refractivity contribution is 5.67. The summed E-state index contributed by atoms with van der Waals surface area (Å²) in [4.78, 5) is 32.3. The van der Waals surface area contributed by atoms with Gasteiger partial charge in [0.25, 0.3) is 0 Å². The van der Waals surface area contributed by atoms with E-state index in [0.29, 0.717) is 12.8 Å². The van der Waals surface area contributed by atoms with Crippen molar-refractivity contribution in [3.63, 3.8) is 0 Å². The van der Waals surface area contributed by atoms with Gasteiger partial charge in [-0.25, -0.2) is 0 Å².